The van der Waals surface area contributed by atoms with Gasteiger partial charge in [-0.2, -0.15) is 0 Å². The van der Waals surface area contributed by atoms with Crippen LogP contribution in [0.1, 0.15) is 37.9 Å². The number of imide groups is 1. The van der Waals surface area contributed by atoms with Gasteiger partial charge in [-0.15, -0.1) is 0 Å². The first-order valence-electron chi connectivity index (χ1n) is 10.9. The lowest BCUT2D eigenvalue weighted by Gasteiger charge is -2.37. The molecule has 3 aliphatic rings. The van der Waals surface area contributed by atoms with Gasteiger partial charge in [0, 0.05) is 11.6 Å². The predicted molar refractivity (Wildman–Crippen MR) is 121 cm³/mol. The van der Waals surface area contributed by atoms with Crippen molar-refractivity contribution in [3.8, 4) is 5.75 Å². The number of amides is 2. The van der Waals surface area contributed by atoms with Gasteiger partial charge in [0.25, 0.3) is 0 Å². The van der Waals surface area contributed by atoms with E-state index in [1.165, 1.54) is 12.0 Å². The summed E-state index contributed by atoms with van der Waals surface area (Å²) in [6, 6.07) is 13.8. The molecule has 6 nitrogen and oxygen atoms in total. The first-order valence-corrected chi connectivity index (χ1v) is 10.9. The summed E-state index contributed by atoms with van der Waals surface area (Å²) in [4.78, 5) is 44.4. The second-order valence-electron chi connectivity index (χ2n) is 9.63. The van der Waals surface area contributed by atoms with Crippen LogP contribution in [-0.4, -0.2) is 35.6 Å². The molecule has 0 spiro atoms. The molecule has 5 rings (SSSR count). The van der Waals surface area contributed by atoms with Crippen molar-refractivity contribution in [3.63, 3.8) is 0 Å². The fourth-order valence-electron chi connectivity index (χ4n) is 5.35. The molecule has 2 fully saturated rings. The molecule has 0 N–H and O–H groups in total. The number of hydrogen-bond acceptors (Lipinski definition) is 5. The first-order chi connectivity index (χ1) is 15.3. The van der Waals surface area contributed by atoms with Gasteiger partial charge in [0.15, 0.2) is 5.78 Å². The number of carbonyl (C=O) groups is 3. The third kappa shape index (κ3) is 2.75. The van der Waals surface area contributed by atoms with Crippen molar-refractivity contribution in [2.75, 3.05) is 12.0 Å². The number of ether oxygens (including phenoxy) is 1. The number of para-hydroxylation sites is 2. The topological polar surface area (TPSA) is 66.9 Å². The highest BCUT2D eigenvalue weighted by atomic mass is 16.5. The Kier molecular flexibility index (Phi) is 4.52. The molecule has 3 aliphatic heterocycles. The van der Waals surface area contributed by atoms with Crippen LogP contribution < -0.4 is 9.64 Å². The van der Waals surface area contributed by atoms with Gasteiger partial charge < -0.3 is 9.64 Å². The number of carbonyl (C=O) groups excluding carboxylic acids is 3. The van der Waals surface area contributed by atoms with Gasteiger partial charge >= 0.3 is 0 Å². The Morgan fingerprint density at radius 2 is 1.59 bits per heavy atom. The number of anilines is 1. The van der Waals surface area contributed by atoms with E-state index in [2.05, 4.69) is 0 Å². The van der Waals surface area contributed by atoms with Gasteiger partial charge in [-0.25, -0.2) is 4.90 Å². The third-order valence-corrected chi connectivity index (χ3v) is 6.80. The van der Waals surface area contributed by atoms with Crippen LogP contribution in [0.25, 0.3) is 6.08 Å². The van der Waals surface area contributed by atoms with Crippen LogP contribution in [-0.2, 0) is 14.4 Å². The Labute approximate surface area is 187 Å². The molecule has 2 aromatic rings. The summed E-state index contributed by atoms with van der Waals surface area (Å²) in [5.74, 6) is -1.60. The van der Waals surface area contributed by atoms with Gasteiger partial charge in [-0.05, 0) is 29.3 Å². The highest BCUT2D eigenvalue weighted by Crippen LogP contribution is 2.54. The molecule has 164 valence electrons. The number of hydrogen-bond donors (Lipinski definition) is 0. The fourth-order valence-corrected chi connectivity index (χ4v) is 5.35. The molecule has 3 heterocycles. The van der Waals surface area contributed by atoms with Gasteiger partial charge in [0.1, 0.15) is 11.8 Å². The highest BCUT2D eigenvalue weighted by molar-refractivity contribution is 6.24. The number of benzene rings is 2. The summed E-state index contributed by atoms with van der Waals surface area (Å²) < 4.78 is 5.43. The number of nitrogens with zero attached hydrogens (tertiary/aromatic N) is 2. The monoisotopic (exact) mass is 430 g/mol. The SMILES string of the molecule is COc1ccccc1N1C(=O)[C@H]2[C@H](C1=O)[C@H](C(=O)C(C)(C)C)N1C=Cc3ccccc3[C@H]21. The third-order valence-electron chi connectivity index (χ3n) is 6.80. The van der Waals surface area contributed by atoms with Crippen molar-refractivity contribution in [1.29, 1.82) is 0 Å². The molecule has 32 heavy (non-hydrogen) atoms. The van der Waals surface area contributed by atoms with E-state index in [9.17, 15) is 14.4 Å². The standard InChI is InChI=1S/C26H26N2O4/c1-26(2,3)23(29)22-20-19(21-16-10-6-5-9-15(16)13-14-27(21)22)24(30)28(25(20)31)17-11-7-8-12-18(17)32-4/h5-14,19-22H,1-4H3/t19-,20-,21+,22+/m0/s1. The molecule has 6 heteroatoms. The van der Waals surface area contributed by atoms with Gasteiger partial charge in [0.2, 0.25) is 11.8 Å². The van der Waals surface area contributed by atoms with Crippen molar-refractivity contribution in [2.24, 2.45) is 17.3 Å². The van der Waals surface area contributed by atoms with E-state index in [1.807, 2.05) is 62.2 Å². The summed E-state index contributed by atoms with van der Waals surface area (Å²) in [6.07, 6.45) is 3.84. The Morgan fingerprint density at radius 3 is 2.31 bits per heavy atom. The molecule has 0 aliphatic carbocycles. The molecule has 2 amide bonds. The van der Waals surface area contributed by atoms with Crippen LogP contribution >= 0.6 is 0 Å². The number of methoxy groups -OCH3 is 1. The van der Waals surface area contributed by atoms with E-state index in [-0.39, 0.29) is 23.6 Å². The lowest BCUT2D eigenvalue weighted by Crippen LogP contribution is -2.47. The zero-order valence-electron chi connectivity index (χ0n) is 18.6. The minimum atomic E-state index is -0.750. The quantitative estimate of drug-likeness (QED) is 0.693. The van der Waals surface area contributed by atoms with Crippen molar-refractivity contribution < 1.29 is 19.1 Å². The van der Waals surface area contributed by atoms with Crippen LogP contribution in [0.3, 0.4) is 0 Å². The van der Waals surface area contributed by atoms with Crippen molar-refractivity contribution in [1.82, 2.24) is 4.90 Å². The number of rotatable bonds is 3. The summed E-state index contributed by atoms with van der Waals surface area (Å²) in [7, 11) is 1.51. The Morgan fingerprint density at radius 1 is 0.938 bits per heavy atom. The average molecular weight is 431 g/mol. The first kappa shape index (κ1) is 20.5. The zero-order valence-corrected chi connectivity index (χ0v) is 18.6. The lowest BCUT2D eigenvalue weighted by atomic mass is 9.79. The number of ketones is 1. The summed E-state index contributed by atoms with van der Waals surface area (Å²) in [6.45, 7) is 5.58. The maximum absolute atomic E-state index is 13.8. The van der Waals surface area contributed by atoms with Crippen LogP contribution in [0.15, 0.2) is 54.7 Å². The van der Waals surface area contributed by atoms with E-state index in [1.54, 1.807) is 24.3 Å². The maximum Gasteiger partial charge on any atom is 0.240 e. The van der Waals surface area contributed by atoms with Crippen molar-refractivity contribution >= 4 is 29.4 Å². The summed E-state index contributed by atoms with van der Waals surface area (Å²) in [5, 5.41) is 0. The van der Waals surface area contributed by atoms with Crippen LogP contribution in [0, 0.1) is 17.3 Å². The van der Waals surface area contributed by atoms with Crippen LogP contribution in [0.5, 0.6) is 5.75 Å². The molecule has 4 atom stereocenters. The lowest BCUT2D eigenvalue weighted by molar-refractivity contribution is -0.135. The van der Waals surface area contributed by atoms with E-state index < -0.39 is 23.3 Å². The molecule has 0 radical (unpaired) electrons. The Balaban J connectivity index is 1.68. The fraction of sp³-hybridized carbons (Fsp3) is 0.346. The van der Waals surface area contributed by atoms with E-state index in [0.717, 1.165) is 11.1 Å². The minimum Gasteiger partial charge on any atom is -0.495 e. The van der Waals surface area contributed by atoms with E-state index >= 15 is 0 Å². The molecule has 0 saturated carbocycles. The van der Waals surface area contributed by atoms with E-state index in [0.29, 0.717) is 11.4 Å². The molecule has 2 aromatic carbocycles. The second kappa shape index (κ2) is 7.05. The Bertz CT molecular complexity index is 1160. The zero-order chi connectivity index (χ0) is 22.8. The number of fused-ring (bicyclic) bond motifs is 5. The molecule has 0 bridgehead atoms. The van der Waals surface area contributed by atoms with Crippen LogP contribution in [0.4, 0.5) is 5.69 Å². The second-order valence-corrected chi connectivity index (χ2v) is 9.63. The predicted octanol–water partition coefficient (Wildman–Crippen LogP) is 3.83. The normalized spacial score (nSPS) is 26.1. The number of Topliss-reactive ketones (excluding diaryl/α,β-unsaturated/α-hetero) is 1. The van der Waals surface area contributed by atoms with Gasteiger partial charge in [-0.1, -0.05) is 57.2 Å². The average Bonchev–Trinajstić information content (AvgIpc) is 3.25. The van der Waals surface area contributed by atoms with Crippen molar-refractivity contribution in [2.45, 2.75) is 32.9 Å². The van der Waals surface area contributed by atoms with Gasteiger partial charge in [0.05, 0.1) is 30.7 Å². The maximum atomic E-state index is 13.8. The van der Waals surface area contributed by atoms with Crippen LogP contribution in [0.2, 0.25) is 0 Å². The molecule has 0 aromatic heterocycles. The molecular formula is C26H26N2O4. The smallest absolute Gasteiger partial charge is 0.240 e. The summed E-state index contributed by atoms with van der Waals surface area (Å²) >= 11 is 0. The molecule has 0 unspecified atom stereocenters. The molecule has 2 saturated heterocycles. The minimum absolute atomic E-state index is 0.0398. The largest absolute Gasteiger partial charge is 0.495 e. The van der Waals surface area contributed by atoms with Crippen molar-refractivity contribution in [3.05, 3.63) is 65.9 Å². The Hall–Kier alpha value is -3.41. The van der Waals surface area contributed by atoms with Gasteiger partial charge in [-0.3, -0.25) is 14.4 Å². The summed E-state index contributed by atoms with van der Waals surface area (Å²) in [5.41, 5.74) is 1.74. The highest BCUT2D eigenvalue weighted by Gasteiger charge is 2.65. The molecular weight excluding hydrogens is 404 g/mol. The van der Waals surface area contributed by atoms with E-state index in [4.69, 9.17) is 4.74 Å².